The fourth-order valence-electron chi connectivity index (χ4n) is 4.25. The largest absolute Gasteiger partial charge is 0.395 e. The Bertz CT molecular complexity index is 903. The van der Waals surface area contributed by atoms with E-state index < -0.39 is 17.5 Å². The Morgan fingerprint density at radius 2 is 1.45 bits per heavy atom. The Morgan fingerprint density at radius 3 is 1.97 bits per heavy atom. The third-order valence-electron chi connectivity index (χ3n) is 5.95. The lowest BCUT2D eigenvalue weighted by Crippen LogP contribution is -2.52. The summed E-state index contributed by atoms with van der Waals surface area (Å²) in [7, 11) is 0. The van der Waals surface area contributed by atoms with Crippen molar-refractivity contribution in [3.05, 3.63) is 71.8 Å². The smallest absolute Gasteiger partial charge is 0.326 e. The molecule has 0 radical (unpaired) electrons. The number of amides is 4. The van der Waals surface area contributed by atoms with Gasteiger partial charge in [0, 0.05) is 32.7 Å². The minimum absolute atomic E-state index is 0.0808. The summed E-state index contributed by atoms with van der Waals surface area (Å²) >= 11 is 0. The molecule has 2 aromatic rings. The Kier molecular flexibility index (Phi) is 6.01. The molecule has 2 aliphatic heterocycles. The first-order valence-electron chi connectivity index (χ1n) is 10.4. The molecule has 2 N–H and O–H groups in total. The van der Waals surface area contributed by atoms with Crippen LogP contribution in [0.2, 0.25) is 0 Å². The fourth-order valence-corrected chi connectivity index (χ4v) is 4.25. The van der Waals surface area contributed by atoms with Gasteiger partial charge in [-0.1, -0.05) is 60.7 Å². The summed E-state index contributed by atoms with van der Waals surface area (Å²) in [5, 5.41) is 11.9. The van der Waals surface area contributed by atoms with E-state index in [1.165, 1.54) is 0 Å². The second-order valence-corrected chi connectivity index (χ2v) is 7.75. The van der Waals surface area contributed by atoms with Crippen LogP contribution in [0.25, 0.3) is 0 Å². The van der Waals surface area contributed by atoms with Crippen LogP contribution in [0.5, 0.6) is 0 Å². The van der Waals surface area contributed by atoms with E-state index in [1.807, 2.05) is 36.4 Å². The number of nitrogens with one attached hydrogen (secondary N) is 1. The number of hydrogen-bond acceptors (Lipinski definition) is 5. The molecule has 0 aromatic heterocycles. The number of urea groups is 1. The number of β-amino-alcohol motifs (C(OH)–C–C–N with tert-alkyl or cyclic N) is 1. The normalized spacial score (nSPS) is 18.9. The van der Waals surface area contributed by atoms with Crippen molar-refractivity contribution in [3.8, 4) is 0 Å². The molecule has 8 heteroatoms. The van der Waals surface area contributed by atoms with Crippen molar-refractivity contribution in [1.29, 1.82) is 0 Å². The van der Waals surface area contributed by atoms with Crippen LogP contribution in [0, 0.1) is 0 Å². The van der Waals surface area contributed by atoms with Crippen molar-refractivity contribution >= 4 is 17.8 Å². The lowest BCUT2D eigenvalue weighted by atomic mass is 9.82. The quantitative estimate of drug-likeness (QED) is 0.666. The highest BCUT2D eigenvalue weighted by Gasteiger charge is 2.54. The molecular weight excluding hydrogens is 396 g/mol. The molecule has 0 bridgehead atoms. The number of rotatable bonds is 6. The summed E-state index contributed by atoms with van der Waals surface area (Å²) in [6.07, 6.45) is 0. The SMILES string of the molecule is O=C(CN1C(=O)NC(c2ccccc2)(c2ccccc2)C1=O)N1CCN(CCO)CC1. The zero-order valence-corrected chi connectivity index (χ0v) is 17.2. The molecule has 2 heterocycles. The molecule has 31 heavy (non-hydrogen) atoms. The Morgan fingerprint density at radius 1 is 0.903 bits per heavy atom. The van der Waals surface area contributed by atoms with Crippen molar-refractivity contribution in [2.75, 3.05) is 45.9 Å². The zero-order chi connectivity index (χ0) is 21.8. The van der Waals surface area contributed by atoms with Crippen molar-refractivity contribution in [3.63, 3.8) is 0 Å². The number of carbonyl (C=O) groups is 3. The number of hydrogen-bond donors (Lipinski definition) is 2. The van der Waals surface area contributed by atoms with Crippen LogP contribution in [0.15, 0.2) is 60.7 Å². The average Bonchev–Trinajstić information content (AvgIpc) is 3.06. The first-order valence-corrected chi connectivity index (χ1v) is 10.4. The monoisotopic (exact) mass is 422 g/mol. The van der Waals surface area contributed by atoms with E-state index in [9.17, 15) is 14.4 Å². The standard InChI is InChI=1S/C23H26N4O4/c28-16-15-25-11-13-26(14-12-25)20(29)17-27-21(30)23(24-22(27)31,18-7-3-1-4-8-18)19-9-5-2-6-10-19/h1-10,28H,11-17H2,(H,24,31). The Balaban J connectivity index is 1.56. The first-order chi connectivity index (χ1) is 15.1. The van der Waals surface area contributed by atoms with Crippen molar-refractivity contribution < 1.29 is 19.5 Å². The van der Waals surface area contributed by atoms with Gasteiger partial charge in [-0.3, -0.25) is 19.4 Å². The third kappa shape index (κ3) is 3.92. The van der Waals surface area contributed by atoms with Crippen molar-refractivity contribution in [1.82, 2.24) is 20.0 Å². The summed E-state index contributed by atoms with van der Waals surface area (Å²) < 4.78 is 0. The molecule has 0 atom stereocenters. The molecule has 4 amide bonds. The molecule has 0 aliphatic carbocycles. The predicted octanol–water partition coefficient (Wildman–Crippen LogP) is 0.619. The number of nitrogens with zero attached hydrogens (tertiary/aromatic N) is 3. The molecule has 2 saturated heterocycles. The van der Waals surface area contributed by atoms with Gasteiger partial charge in [0.15, 0.2) is 5.54 Å². The number of piperazine rings is 1. The second kappa shape index (κ2) is 8.87. The van der Waals surface area contributed by atoms with Crippen LogP contribution in [0.3, 0.4) is 0 Å². The number of aliphatic hydroxyl groups excluding tert-OH is 1. The van der Waals surface area contributed by atoms with Crippen LogP contribution in [-0.4, -0.2) is 83.5 Å². The predicted molar refractivity (Wildman–Crippen MR) is 114 cm³/mol. The number of imide groups is 1. The summed E-state index contributed by atoms with van der Waals surface area (Å²) in [4.78, 5) is 44.2. The minimum Gasteiger partial charge on any atom is -0.395 e. The zero-order valence-electron chi connectivity index (χ0n) is 17.2. The highest BCUT2D eigenvalue weighted by Crippen LogP contribution is 2.35. The van der Waals surface area contributed by atoms with Crippen LogP contribution < -0.4 is 5.32 Å². The first kappa shape index (κ1) is 21.0. The van der Waals surface area contributed by atoms with Crippen LogP contribution in [0.1, 0.15) is 11.1 Å². The van der Waals surface area contributed by atoms with E-state index in [0.717, 1.165) is 4.90 Å². The van der Waals surface area contributed by atoms with Crippen LogP contribution in [0.4, 0.5) is 4.79 Å². The fraction of sp³-hybridized carbons (Fsp3) is 0.348. The number of carbonyl (C=O) groups excluding carboxylic acids is 3. The summed E-state index contributed by atoms with van der Waals surface area (Å²) in [6, 6.07) is 17.6. The topological polar surface area (TPSA) is 93.2 Å². The van der Waals surface area contributed by atoms with Gasteiger partial charge in [0.25, 0.3) is 5.91 Å². The van der Waals surface area contributed by atoms with Gasteiger partial charge in [0.1, 0.15) is 6.54 Å². The lowest BCUT2D eigenvalue weighted by Gasteiger charge is -2.35. The van der Waals surface area contributed by atoms with E-state index >= 15 is 0 Å². The maximum atomic E-state index is 13.6. The van der Waals surface area contributed by atoms with Gasteiger partial charge in [-0.25, -0.2) is 4.79 Å². The van der Waals surface area contributed by atoms with Crippen molar-refractivity contribution in [2.45, 2.75) is 5.54 Å². The Hall–Kier alpha value is -3.23. The number of benzene rings is 2. The summed E-state index contributed by atoms with van der Waals surface area (Å²) in [5.41, 5.74) is -0.0704. The highest BCUT2D eigenvalue weighted by molar-refractivity contribution is 6.11. The van der Waals surface area contributed by atoms with E-state index in [1.54, 1.807) is 29.2 Å². The lowest BCUT2D eigenvalue weighted by molar-refractivity contribution is -0.139. The van der Waals surface area contributed by atoms with Gasteiger partial charge in [0.2, 0.25) is 5.91 Å². The van der Waals surface area contributed by atoms with E-state index in [-0.39, 0.29) is 19.1 Å². The maximum absolute atomic E-state index is 13.6. The second-order valence-electron chi connectivity index (χ2n) is 7.75. The van der Waals surface area contributed by atoms with E-state index in [2.05, 4.69) is 10.2 Å². The molecular formula is C23H26N4O4. The van der Waals surface area contributed by atoms with Crippen LogP contribution in [-0.2, 0) is 15.1 Å². The number of aliphatic hydroxyl groups is 1. The van der Waals surface area contributed by atoms with Crippen LogP contribution >= 0.6 is 0 Å². The van der Waals surface area contributed by atoms with Crippen molar-refractivity contribution in [2.24, 2.45) is 0 Å². The van der Waals surface area contributed by atoms with E-state index in [0.29, 0.717) is 43.9 Å². The average molecular weight is 422 g/mol. The minimum atomic E-state index is -1.36. The Labute approximate surface area is 181 Å². The van der Waals surface area contributed by atoms with Gasteiger partial charge in [-0.05, 0) is 11.1 Å². The van der Waals surface area contributed by atoms with Gasteiger partial charge in [-0.2, -0.15) is 0 Å². The summed E-state index contributed by atoms with van der Waals surface area (Å²) in [6.45, 7) is 2.68. The van der Waals surface area contributed by atoms with Gasteiger partial charge >= 0.3 is 6.03 Å². The molecule has 2 aromatic carbocycles. The molecule has 0 saturated carbocycles. The van der Waals surface area contributed by atoms with Gasteiger partial charge in [0.05, 0.1) is 6.61 Å². The third-order valence-corrected chi connectivity index (χ3v) is 5.95. The molecule has 2 aliphatic rings. The van der Waals surface area contributed by atoms with Gasteiger partial charge < -0.3 is 15.3 Å². The molecule has 8 nitrogen and oxygen atoms in total. The molecule has 162 valence electrons. The molecule has 4 rings (SSSR count). The highest BCUT2D eigenvalue weighted by atomic mass is 16.3. The molecule has 2 fully saturated rings. The molecule has 0 unspecified atom stereocenters. The maximum Gasteiger partial charge on any atom is 0.326 e. The summed E-state index contributed by atoms with van der Waals surface area (Å²) in [5.74, 6) is -0.716. The van der Waals surface area contributed by atoms with Gasteiger partial charge in [-0.15, -0.1) is 0 Å². The van der Waals surface area contributed by atoms with E-state index in [4.69, 9.17) is 5.11 Å². The molecule has 0 spiro atoms.